The van der Waals surface area contributed by atoms with Gasteiger partial charge in [0.2, 0.25) is 0 Å². The summed E-state index contributed by atoms with van der Waals surface area (Å²) in [6.07, 6.45) is 3.49. The Morgan fingerprint density at radius 2 is 1.91 bits per heavy atom. The first-order chi connectivity index (χ1) is 11.1. The Morgan fingerprint density at radius 1 is 1.17 bits per heavy atom. The molecule has 1 saturated carbocycles. The summed E-state index contributed by atoms with van der Waals surface area (Å²) >= 11 is 0. The minimum atomic E-state index is -0.0366. The van der Waals surface area contributed by atoms with Gasteiger partial charge in [0.1, 0.15) is 5.75 Å². The van der Waals surface area contributed by atoms with E-state index in [2.05, 4.69) is 29.6 Å². The van der Waals surface area contributed by atoms with Crippen molar-refractivity contribution in [3.8, 4) is 5.75 Å². The van der Waals surface area contributed by atoms with Crippen molar-refractivity contribution in [2.24, 2.45) is 0 Å². The average Bonchev–Trinajstić information content (AvgIpc) is 2.55. The number of aryl methyl sites for hydroxylation is 1. The van der Waals surface area contributed by atoms with Gasteiger partial charge < -0.3 is 10.1 Å². The fraction of sp³-hybridized carbons (Fsp3) is 0.350. The highest BCUT2D eigenvalue weighted by molar-refractivity contribution is 5.94. The molecule has 0 bridgehead atoms. The summed E-state index contributed by atoms with van der Waals surface area (Å²) in [4.78, 5) is 12.5. The summed E-state index contributed by atoms with van der Waals surface area (Å²) in [5, 5.41) is 3.12. The van der Waals surface area contributed by atoms with E-state index in [1.807, 2.05) is 25.1 Å². The van der Waals surface area contributed by atoms with Gasteiger partial charge in [0.05, 0.1) is 7.11 Å². The van der Waals surface area contributed by atoms with Crippen LogP contribution < -0.4 is 10.1 Å². The summed E-state index contributed by atoms with van der Waals surface area (Å²) < 4.78 is 5.30. The zero-order valence-electron chi connectivity index (χ0n) is 13.8. The molecule has 1 aliphatic carbocycles. The molecule has 23 heavy (non-hydrogen) atoms. The van der Waals surface area contributed by atoms with Crippen molar-refractivity contribution >= 4 is 5.91 Å². The third kappa shape index (κ3) is 3.09. The number of hydrogen-bond donors (Lipinski definition) is 1. The Morgan fingerprint density at radius 3 is 2.52 bits per heavy atom. The zero-order valence-corrected chi connectivity index (χ0v) is 13.8. The highest BCUT2D eigenvalue weighted by Gasteiger charge is 2.38. The minimum absolute atomic E-state index is 0.0366. The van der Waals surface area contributed by atoms with Crippen molar-refractivity contribution in [2.75, 3.05) is 13.7 Å². The summed E-state index contributed by atoms with van der Waals surface area (Å²) in [5.74, 6) is 0.713. The molecule has 3 rings (SSSR count). The first-order valence-electron chi connectivity index (χ1n) is 8.13. The SMILES string of the molecule is COc1cc(C(=O)NCC2(c3ccccc3)CCC2)ccc1C. The van der Waals surface area contributed by atoms with Crippen LogP contribution in [0.2, 0.25) is 0 Å². The lowest BCUT2D eigenvalue weighted by atomic mass is 9.64. The quantitative estimate of drug-likeness (QED) is 0.911. The number of methoxy groups -OCH3 is 1. The Hall–Kier alpha value is -2.29. The maximum absolute atomic E-state index is 12.5. The Bertz CT molecular complexity index is 690. The van der Waals surface area contributed by atoms with Crippen molar-refractivity contribution in [3.63, 3.8) is 0 Å². The molecule has 1 aliphatic rings. The third-order valence-corrected chi connectivity index (χ3v) is 4.95. The molecule has 1 fully saturated rings. The lowest BCUT2D eigenvalue weighted by Crippen LogP contribution is -2.45. The summed E-state index contributed by atoms with van der Waals surface area (Å²) in [6.45, 7) is 2.66. The summed E-state index contributed by atoms with van der Waals surface area (Å²) in [5.41, 5.74) is 3.11. The van der Waals surface area contributed by atoms with E-state index in [0.29, 0.717) is 12.1 Å². The first kappa shape index (κ1) is 15.6. The van der Waals surface area contributed by atoms with Crippen molar-refractivity contribution < 1.29 is 9.53 Å². The Kier molecular flexibility index (Phi) is 4.37. The highest BCUT2D eigenvalue weighted by atomic mass is 16.5. The van der Waals surface area contributed by atoms with Gasteiger partial charge in [-0.1, -0.05) is 42.8 Å². The standard InChI is InChI=1S/C20H23NO2/c1-15-9-10-16(13-18(15)23-2)19(22)21-14-20(11-6-12-20)17-7-4-3-5-8-17/h3-5,7-10,13H,6,11-12,14H2,1-2H3,(H,21,22). The van der Waals surface area contributed by atoms with Crippen LogP contribution in [0.3, 0.4) is 0 Å². The second-order valence-corrected chi connectivity index (χ2v) is 6.37. The van der Waals surface area contributed by atoms with E-state index in [4.69, 9.17) is 4.74 Å². The molecule has 0 unspecified atom stereocenters. The lowest BCUT2D eigenvalue weighted by Gasteiger charge is -2.42. The monoisotopic (exact) mass is 309 g/mol. The van der Waals surface area contributed by atoms with E-state index in [0.717, 1.165) is 24.2 Å². The number of amides is 1. The third-order valence-electron chi connectivity index (χ3n) is 4.95. The van der Waals surface area contributed by atoms with Crippen LogP contribution in [0.1, 0.15) is 40.7 Å². The van der Waals surface area contributed by atoms with Crippen LogP contribution in [0.15, 0.2) is 48.5 Å². The molecular formula is C20H23NO2. The number of benzene rings is 2. The van der Waals surface area contributed by atoms with Gasteiger partial charge in [-0.05, 0) is 43.0 Å². The van der Waals surface area contributed by atoms with E-state index in [-0.39, 0.29) is 11.3 Å². The number of carbonyl (C=O) groups excluding carboxylic acids is 1. The molecule has 0 aliphatic heterocycles. The fourth-order valence-corrected chi connectivity index (χ4v) is 3.28. The van der Waals surface area contributed by atoms with E-state index in [1.54, 1.807) is 13.2 Å². The van der Waals surface area contributed by atoms with Gasteiger partial charge in [0.15, 0.2) is 0 Å². The average molecular weight is 309 g/mol. The normalized spacial score (nSPS) is 15.6. The smallest absolute Gasteiger partial charge is 0.251 e. The van der Waals surface area contributed by atoms with Gasteiger partial charge in [-0.15, -0.1) is 0 Å². The maximum atomic E-state index is 12.5. The number of carbonyl (C=O) groups is 1. The topological polar surface area (TPSA) is 38.3 Å². The molecule has 0 aromatic heterocycles. The number of hydrogen-bond acceptors (Lipinski definition) is 2. The van der Waals surface area contributed by atoms with Crippen molar-refractivity contribution in [1.82, 2.24) is 5.32 Å². The molecule has 1 N–H and O–H groups in total. The molecule has 0 spiro atoms. The predicted molar refractivity (Wildman–Crippen MR) is 92.0 cm³/mol. The zero-order chi connectivity index (χ0) is 16.3. The maximum Gasteiger partial charge on any atom is 0.251 e. The van der Waals surface area contributed by atoms with E-state index in [9.17, 15) is 4.79 Å². The Balaban J connectivity index is 1.71. The van der Waals surface area contributed by atoms with Gasteiger partial charge in [-0.3, -0.25) is 4.79 Å². The molecule has 1 amide bonds. The van der Waals surface area contributed by atoms with Gasteiger partial charge in [0.25, 0.3) is 5.91 Å². The van der Waals surface area contributed by atoms with Crippen LogP contribution in [0, 0.1) is 6.92 Å². The molecule has 3 nitrogen and oxygen atoms in total. The van der Waals surface area contributed by atoms with Crippen LogP contribution >= 0.6 is 0 Å². The predicted octanol–water partition coefficient (Wildman–Crippen LogP) is 3.86. The van der Waals surface area contributed by atoms with Gasteiger partial charge in [-0.25, -0.2) is 0 Å². The van der Waals surface area contributed by atoms with Crippen LogP contribution in [-0.2, 0) is 5.41 Å². The molecule has 2 aromatic rings. The molecule has 0 radical (unpaired) electrons. The number of rotatable bonds is 5. The molecule has 3 heteroatoms. The van der Waals surface area contributed by atoms with Crippen molar-refractivity contribution in [1.29, 1.82) is 0 Å². The molecule has 0 heterocycles. The minimum Gasteiger partial charge on any atom is -0.496 e. The van der Waals surface area contributed by atoms with Gasteiger partial charge in [-0.2, -0.15) is 0 Å². The molecular weight excluding hydrogens is 286 g/mol. The molecule has 120 valence electrons. The van der Waals surface area contributed by atoms with Crippen LogP contribution in [-0.4, -0.2) is 19.6 Å². The molecule has 2 aromatic carbocycles. The van der Waals surface area contributed by atoms with E-state index >= 15 is 0 Å². The molecule has 0 saturated heterocycles. The van der Waals surface area contributed by atoms with Crippen molar-refractivity contribution in [2.45, 2.75) is 31.6 Å². The van der Waals surface area contributed by atoms with Crippen LogP contribution in [0.5, 0.6) is 5.75 Å². The van der Waals surface area contributed by atoms with Crippen molar-refractivity contribution in [3.05, 3.63) is 65.2 Å². The Labute approximate surface area is 137 Å². The lowest BCUT2D eigenvalue weighted by molar-refractivity contribution is 0.0927. The van der Waals surface area contributed by atoms with E-state index < -0.39 is 0 Å². The summed E-state index contributed by atoms with van der Waals surface area (Å²) in [7, 11) is 1.63. The van der Waals surface area contributed by atoms with Crippen LogP contribution in [0.4, 0.5) is 0 Å². The number of nitrogens with one attached hydrogen (secondary N) is 1. The fourth-order valence-electron chi connectivity index (χ4n) is 3.28. The highest BCUT2D eigenvalue weighted by Crippen LogP contribution is 2.43. The largest absolute Gasteiger partial charge is 0.496 e. The van der Waals surface area contributed by atoms with E-state index in [1.165, 1.54) is 12.0 Å². The number of ether oxygens (including phenoxy) is 1. The molecule has 0 atom stereocenters. The van der Waals surface area contributed by atoms with Crippen LogP contribution in [0.25, 0.3) is 0 Å². The summed E-state index contributed by atoms with van der Waals surface area (Å²) in [6, 6.07) is 16.1. The van der Waals surface area contributed by atoms with Gasteiger partial charge >= 0.3 is 0 Å². The van der Waals surface area contributed by atoms with Gasteiger partial charge in [0, 0.05) is 17.5 Å². The second kappa shape index (κ2) is 6.45. The second-order valence-electron chi connectivity index (χ2n) is 6.37. The first-order valence-corrected chi connectivity index (χ1v) is 8.13.